The Labute approximate surface area is 131 Å². The second kappa shape index (κ2) is 6.68. The molecule has 0 aliphatic rings. The lowest BCUT2D eigenvalue weighted by molar-refractivity contribution is -0.113. The number of aromatic nitrogens is 1. The predicted molar refractivity (Wildman–Crippen MR) is 85.8 cm³/mol. The molecule has 0 saturated heterocycles. The Morgan fingerprint density at radius 1 is 1.35 bits per heavy atom. The topological polar surface area (TPSA) is 33.2 Å². The average molecular weight is 352 g/mol. The zero-order chi connectivity index (χ0) is 14.5. The standard InChI is InChI=1S/C15H12BrClN2O/c1-19(14-7-6-12(16)10-18-14)15(20)8-5-11-3-2-4-13(17)9-11/h2-10H,1H3/b8-5+. The summed E-state index contributed by atoms with van der Waals surface area (Å²) in [5.74, 6) is 0.439. The smallest absolute Gasteiger partial charge is 0.251 e. The minimum atomic E-state index is -0.153. The van der Waals surface area contributed by atoms with Gasteiger partial charge >= 0.3 is 0 Å². The summed E-state index contributed by atoms with van der Waals surface area (Å²) in [6.07, 6.45) is 4.87. The van der Waals surface area contributed by atoms with Crippen LogP contribution in [0.1, 0.15) is 5.56 Å². The van der Waals surface area contributed by atoms with Crippen molar-refractivity contribution in [3.05, 3.63) is 63.7 Å². The number of halogens is 2. The van der Waals surface area contributed by atoms with Crippen molar-refractivity contribution >= 4 is 45.3 Å². The summed E-state index contributed by atoms with van der Waals surface area (Å²) in [6, 6.07) is 10.9. The predicted octanol–water partition coefficient (Wildman–Crippen LogP) is 4.17. The fraction of sp³-hybridized carbons (Fsp3) is 0.0667. The van der Waals surface area contributed by atoms with Crippen molar-refractivity contribution in [2.24, 2.45) is 0 Å². The highest BCUT2D eigenvalue weighted by molar-refractivity contribution is 9.10. The zero-order valence-electron chi connectivity index (χ0n) is 10.8. The van der Waals surface area contributed by atoms with Gasteiger partial charge in [0.15, 0.2) is 0 Å². The maximum atomic E-state index is 12.0. The minimum Gasteiger partial charge on any atom is -0.296 e. The molecule has 0 aliphatic heterocycles. The molecule has 20 heavy (non-hydrogen) atoms. The van der Waals surface area contributed by atoms with Gasteiger partial charge in [0.2, 0.25) is 0 Å². The first-order valence-electron chi connectivity index (χ1n) is 5.89. The molecule has 1 heterocycles. The summed E-state index contributed by atoms with van der Waals surface area (Å²) in [4.78, 5) is 17.7. The molecule has 0 N–H and O–H groups in total. The number of nitrogens with zero attached hydrogens (tertiary/aromatic N) is 2. The number of benzene rings is 1. The summed E-state index contributed by atoms with van der Waals surface area (Å²) in [5, 5.41) is 0.641. The van der Waals surface area contributed by atoms with Crippen molar-refractivity contribution in [2.45, 2.75) is 0 Å². The van der Waals surface area contributed by atoms with Crippen LogP contribution in [0.2, 0.25) is 5.02 Å². The Hall–Kier alpha value is -1.65. The molecule has 1 aromatic heterocycles. The van der Waals surface area contributed by atoms with E-state index >= 15 is 0 Å². The van der Waals surface area contributed by atoms with Crippen LogP contribution in [0.4, 0.5) is 5.82 Å². The highest BCUT2D eigenvalue weighted by atomic mass is 79.9. The monoisotopic (exact) mass is 350 g/mol. The van der Waals surface area contributed by atoms with E-state index in [9.17, 15) is 4.79 Å². The van der Waals surface area contributed by atoms with Gasteiger partial charge in [-0.1, -0.05) is 23.7 Å². The molecule has 0 radical (unpaired) electrons. The van der Waals surface area contributed by atoms with Gasteiger partial charge in [-0.2, -0.15) is 0 Å². The molecule has 0 aliphatic carbocycles. The third-order valence-electron chi connectivity index (χ3n) is 2.65. The van der Waals surface area contributed by atoms with Crippen LogP contribution in [-0.2, 0) is 4.79 Å². The lowest BCUT2D eigenvalue weighted by Gasteiger charge is -2.13. The molecule has 0 spiro atoms. The van der Waals surface area contributed by atoms with Crippen molar-refractivity contribution in [3.8, 4) is 0 Å². The number of carbonyl (C=O) groups is 1. The molecule has 1 aromatic carbocycles. The van der Waals surface area contributed by atoms with Gasteiger partial charge in [-0.3, -0.25) is 9.69 Å². The number of pyridine rings is 1. The molecule has 2 rings (SSSR count). The Kier molecular flexibility index (Phi) is 4.93. The van der Waals surface area contributed by atoms with E-state index in [0.29, 0.717) is 10.8 Å². The highest BCUT2D eigenvalue weighted by Gasteiger charge is 2.08. The molecule has 0 saturated carbocycles. The quantitative estimate of drug-likeness (QED) is 0.777. The van der Waals surface area contributed by atoms with Crippen LogP contribution >= 0.6 is 27.5 Å². The maximum absolute atomic E-state index is 12.0. The lowest BCUT2D eigenvalue weighted by atomic mass is 10.2. The van der Waals surface area contributed by atoms with Gasteiger partial charge in [0.05, 0.1) is 0 Å². The second-order valence-corrected chi connectivity index (χ2v) is 5.47. The number of likely N-dealkylation sites (N-methyl/N-ethyl adjacent to an activating group) is 1. The van der Waals surface area contributed by atoms with Gasteiger partial charge in [-0.15, -0.1) is 0 Å². The van der Waals surface area contributed by atoms with Crippen molar-refractivity contribution in [1.82, 2.24) is 4.98 Å². The van der Waals surface area contributed by atoms with Crippen LogP contribution in [0.3, 0.4) is 0 Å². The van der Waals surface area contributed by atoms with Gasteiger partial charge in [0, 0.05) is 28.8 Å². The third-order valence-corrected chi connectivity index (χ3v) is 3.36. The summed E-state index contributed by atoms with van der Waals surface area (Å²) in [5.41, 5.74) is 0.878. The van der Waals surface area contributed by atoms with Crippen LogP contribution in [0, 0.1) is 0 Å². The SMILES string of the molecule is CN(C(=O)/C=C/c1cccc(Cl)c1)c1ccc(Br)cn1. The van der Waals surface area contributed by atoms with Crippen molar-refractivity contribution in [2.75, 3.05) is 11.9 Å². The lowest BCUT2D eigenvalue weighted by Crippen LogP contribution is -2.24. The fourth-order valence-electron chi connectivity index (χ4n) is 1.57. The molecule has 0 fully saturated rings. The molecular weight excluding hydrogens is 340 g/mol. The number of carbonyl (C=O) groups excluding carboxylic acids is 1. The minimum absolute atomic E-state index is 0.153. The van der Waals surface area contributed by atoms with E-state index in [0.717, 1.165) is 10.0 Å². The van der Waals surface area contributed by atoms with Crippen LogP contribution in [0.15, 0.2) is 53.1 Å². The van der Waals surface area contributed by atoms with Crippen LogP contribution in [-0.4, -0.2) is 17.9 Å². The van der Waals surface area contributed by atoms with E-state index in [1.54, 1.807) is 37.5 Å². The molecule has 0 unspecified atom stereocenters. The Morgan fingerprint density at radius 2 is 2.15 bits per heavy atom. The van der Waals surface area contributed by atoms with Crippen LogP contribution in [0.5, 0.6) is 0 Å². The number of rotatable bonds is 3. The normalized spacial score (nSPS) is 10.8. The van der Waals surface area contributed by atoms with E-state index in [1.165, 1.54) is 11.0 Å². The van der Waals surface area contributed by atoms with Gasteiger partial charge < -0.3 is 0 Å². The van der Waals surface area contributed by atoms with E-state index in [-0.39, 0.29) is 5.91 Å². The van der Waals surface area contributed by atoms with Crippen LogP contribution in [0.25, 0.3) is 6.08 Å². The second-order valence-electron chi connectivity index (χ2n) is 4.12. The maximum Gasteiger partial charge on any atom is 0.251 e. The molecule has 2 aromatic rings. The first-order valence-corrected chi connectivity index (χ1v) is 7.06. The largest absolute Gasteiger partial charge is 0.296 e. The van der Waals surface area contributed by atoms with Crippen molar-refractivity contribution in [3.63, 3.8) is 0 Å². The first kappa shape index (κ1) is 14.8. The average Bonchev–Trinajstić information content (AvgIpc) is 2.45. The van der Waals surface area contributed by atoms with Crippen molar-refractivity contribution < 1.29 is 4.79 Å². The summed E-state index contributed by atoms with van der Waals surface area (Å²) >= 11 is 9.20. The summed E-state index contributed by atoms with van der Waals surface area (Å²) in [6.45, 7) is 0. The molecule has 0 atom stereocenters. The zero-order valence-corrected chi connectivity index (χ0v) is 13.1. The summed E-state index contributed by atoms with van der Waals surface area (Å²) in [7, 11) is 1.68. The third kappa shape index (κ3) is 3.92. The first-order chi connectivity index (χ1) is 9.56. The van der Waals surface area contributed by atoms with Gasteiger partial charge in [-0.05, 0) is 51.8 Å². The molecule has 1 amide bonds. The molecule has 3 nitrogen and oxygen atoms in total. The molecule has 0 bridgehead atoms. The fourth-order valence-corrected chi connectivity index (χ4v) is 2.00. The number of anilines is 1. The van der Waals surface area contributed by atoms with E-state index in [4.69, 9.17) is 11.6 Å². The van der Waals surface area contributed by atoms with Crippen LogP contribution < -0.4 is 4.90 Å². The molecule has 102 valence electrons. The number of hydrogen-bond donors (Lipinski definition) is 0. The van der Waals surface area contributed by atoms with Crippen molar-refractivity contribution in [1.29, 1.82) is 0 Å². The van der Waals surface area contributed by atoms with E-state index in [2.05, 4.69) is 20.9 Å². The Bertz CT molecular complexity index is 641. The van der Waals surface area contributed by atoms with Gasteiger partial charge in [-0.25, -0.2) is 4.98 Å². The Balaban J connectivity index is 2.09. The van der Waals surface area contributed by atoms with E-state index in [1.807, 2.05) is 18.2 Å². The molecule has 5 heteroatoms. The molecular formula is C15H12BrClN2O. The van der Waals surface area contributed by atoms with E-state index < -0.39 is 0 Å². The Morgan fingerprint density at radius 3 is 2.80 bits per heavy atom. The van der Waals surface area contributed by atoms with Gasteiger partial charge in [0.25, 0.3) is 5.91 Å². The number of amides is 1. The van der Waals surface area contributed by atoms with Gasteiger partial charge in [0.1, 0.15) is 5.82 Å². The summed E-state index contributed by atoms with van der Waals surface area (Å²) < 4.78 is 0.872. The number of hydrogen-bond acceptors (Lipinski definition) is 2. The highest BCUT2D eigenvalue weighted by Crippen LogP contribution is 2.15.